The largest absolute Gasteiger partial charge is 0.451 e. The number of likely N-dealkylation sites (N-methyl/N-ethyl adjacent to an activating group) is 1. The molecule has 0 saturated carbocycles. The van der Waals surface area contributed by atoms with E-state index in [0.29, 0.717) is 18.8 Å². The highest BCUT2D eigenvalue weighted by Gasteiger charge is 2.26. The molecule has 0 unspecified atom stereocenters. The predicted octanol–water partition coefficient (Wildman–Crippen LogP) is 1.84. The molecule has 0 spiro atoms. The molecule has 1 aromatic carbocycles. The highest BCUT2D eigenvalue weighted by atomic mass is 16.5. The number of rotatable bonds is 6. The number of carbonyl (C=O) groups is 3. The highest BCUT2D eigenvalue weighted by molar-refractivity contribution is 6.00. The summed E-state index contributed by atoms with van der Waals surface area (Å²) in [4.78, 5) is 38.1. The number of esters is 1. The van der Waals surface area contributed by atoms with Gasteiger partial charge in [-0.25, -0.2) is 9.80 Å². The van der Waals surface area contributed by atoms with Gasteiger partial charge in [0, 0.05) is 19.5 Å². The third-order valence-corrected chi connectivity index (χ3v) is 4.23. The van der Waals surface area contributed by atoms with Gasteiger partial charge >= 0.3 is 5.97 Å². The van der Waals surface area contributed by atoms with Gasteiger partial charge in [-0.1, -0.05) is 12.1 Å². The molecular formula is C19H25N3O4. The van der Waals surface area contributed by atoms with E-state index in [9.17, 15) is 14.4 Å². The van der Waals surface area contributed by atoms with E-state index in [2.05, 4.69) is 5.43 Å². The second kappa shape index (κ2) is 8.51. The maximum absolute atomic E-state index is 12.3. The van der Waals surface area contributed by atoms with Crippen molar-refractivity contribution in [1.29, 1.82) is 0 Å². The Morgan fingerprint density at radius 1 is 1.23 bits per heavy atom. The zero-order valence-electron chi connectivity index (χ0n) is 15.7. The first-order valence-corrected chi connectivity index (χ1v) is 8.69. The van der Waals surface area contributed by atoms with Crippen LogP contribution in [-0.2, 0) is 19.1 Å². The third kappa shape index (κ3) is 4.41. The summed E-state index contributed by atoms with van der Waals surface area (Å²) in [7, 11) is 0. The number of nitrogens with one attached hydrogen (secondary N) is 1. The smallest absolute Gasteiger partial charge is 0.356 e. The fraction of sp³-hybridized carbons (Fsp3) is 0.421. The van der Waals surface area contributed by atoms with E-state index in [0.717, 1.165) is 11.1 Å². The average Bonchev–Trinajstić information content (AvgIpc) is 2.63. The van der Waals surface area contributed by atoms with Gasteiger partial charge in [-0.15, -0.1) is 0 Å². The van der Waals surface area contributed by atoms with Crippen LogP contribution < -0.4 is 10.4 Å². The van der Waals surface area contributed by atoms with Crippen LogP contribution in [0.5, 0.6) is 0 Å². The maximum Gasteiger partial charge on any atom is 0.356 e. The minimum atomic E-state index is -0.659. The van der Waals surface area contributed by atoms with Gasteiger partial charge in [-0.2, -0.15) is 0 Å². The molecule has 2 amide bonds. The van der Waals surface area contributed by atoms with Crippen molar-refractivity contribution in [3.05, 3.63) is 41.1 Å². The first-order chi connectivity index (χ1) is 12.4. The Morgan fingerprint density at radius 3 is 2.58 bits per heavy atom. The molecule has 0 bridgehead atoms. The molecule has 1 N–H and O–H groups in total. The lowest BCUT2D eigenvalue weighted by Gasteiger charge is -2.29. The van der Waals surface area contributed by atoms with Crippen LogP contribution in [0.1, 0.15) is 31.4 Å². The molecule has 26 heavy (non-hydrogen) atoms. The number of anilines is 1. The zero-order valence-corrected chi connectivity index (χ0v) is 15.7. The fourth-order valence-corrected chi connectivity index (χ4v) is 2.67. The topological polar surface area (TPSA) is 79.0 Å². The lowest BCUT2D eigenvalue weighted by atomic mass is 10.1. The number of carbonyl (C=O) groups excluding carboxylic acids is 3. The standard InChI is InChI=1S/C19H25N3O4/c1-5-21(6-2)18(24)12-26-19(25)15-9-10-17(23)22(20-15)16-11-13(3)7-8-14(16)4/h7-9,11,20H,5-6,10,12H2,1-4H3. The van der Waals surface area contributed by atoms with Crippen molar-refractivity contribution >= 4 is 23.5 Å². The highest BCUT2D eigenvalue weighted by Crippen LogP contribution is 2.23. The van der Waals surface area contributed by atoms with Gasteiger partial charge in [0.25, 0.3) is 5.91 Å². The second-order valence-corrected chi connectivity index (χ2v) is 6.09. The van der Waals surface area contributed by atoms with Crippen molar-refractivity contribution in [2.24, 2.45) is 0 Å². The van der Waals surface area contributed by atoms with Crippen LogP contribution >= 0.6 is 0 Å². The molecule has 0 atom stereocenters. The van der Waals surface area contributed by atoms with Gasteiger partial charge in [0.15, 0.2) is 6.61 Å². The molecule has 0 fully saturated rings. The summed E-state index contributed by atoms with van der Waals surface area (Å²) >= 11 is 0. The van der Waals surface area contributed by atoms with Crippen LogP contribution in [0.25, 0.3) is 0 Å². The Labute approximate surface area is 153 Å². The molecule has 1 aliphatic rings. The third-order valence-electron chi connectivity index (χ3n) is 4.23. The average molecular weight is 359 g/mol. The molecule has 0 radical (unpaired) electrons. The van der Waals surface area contributed by atoms with Gasteiger partial charge in [-0.3, -0.25) is 15.0 Å². The van der Waals surface area contributed by atoms with E-state index in [1.807, 2.05) is 45.9 Å². The van der Waals surface area contributed by atoms with E-state index < -0.39 is 5.97 Å². The van der Waals surface area contributed by atoms with Gasteiger partial charge < -0.3 is 9.64 Å². The number of hydrazine groups is 1. The van der Waals surface area contributed by atoms with Gasteiger partial charge in [0.1, 0.15) is 5.70 Å². The summed E-state index contributed by atoms with van der Waals surface area (Å²) in [5, 5.41) is 1.35. The molecular weight excluding hydrogens is 334 g/mol. The molecule has 1 aromatic rings. The maximum atomic E-state index is 12.3. The SMILES string of the molecule is CCN(CC)C(=O)COC(=O)C1=CCC(=O)N(c2cc(C)ccc2C)N1. The number of aryl methyl sites for hydroxylation is 2. The predicted molar refractivity (Wildman–Crippen MR) is 98.1 cm³/mol. The molecule has 0 saturated heterocycles. The molecule has 1 heterocycles. The van der Waals surface area contributed by atoms with Crippen LogP contribution in [0.2, 0.25) is 0 Å². The fourth-order valence-electron chi connectivity index (χ4n) is 2.67. The van der Waals surface area contributed by atoms with Crippen molar-refractivity contribution in [2.75, 3.05) is 24.7 Å². The summed E-state index contributed by atoms with van der Waals surface area (Å²) in [5.74, 6) is -1.08. The zero-order chi connectivity index (χ0) is 19.3. The summed E-state index contributed by atoms with van der Waals surface area (Å²) in [5.41, 5.74) is 5.56. The quantitative estimate of drug-likeness (QED) is 0.784. The van der Waals surface area contributed by atoms with Crippen LogP contribution in [0, 0.1) is 13.8 Å². The number of ether oxygens (including phenoxy) is 1. The monoisotopic (exact) mass is 359 g/mol. The van der Waals surface area contributed by atoms with Crippen molar-refractivity contribution in [2.45, 2.75) is 34.1 Å². The lowest BCUT2D eigenvalue weighted by Crippen LogP contribution is -2.47. The number of hydrogen-bond acceptors (Lipinski definition) is 5. The Bertz CT molecular complexity index is 738. The first-order valence-electron chi connectivity index (χ1n) is 8.69. The van der Waals surface area contributed by atoms with Gasteiger partial charge in [-0.05, 0) is 51.0 Å². The first kappa shape index (κ1) is 19.5. The molecule has 1 aliphatic heterocycles. The Hall–Kier alpha value is -2.83. The van der Waals surface area contributed by atoms with Crippen LogP contribution in [0.15, 0.2) is 30.0 Å². The van der Waals surface area contributed by atoms with Crippen molar-refractivity contribution in [1.82, 2.24) is 10.3 Å². The second-order valence-electron chi connectivity index (χ2n) is 6.09. The lowest BCUT2D eigenvalue weighted by molar-refractivity contribution is -0.149. The molecule has 2 rings (SSSR count). The molecule has 7 nitrogen and oxygen atoms in total. The summed E-state index contributed by atoms with van der Waals surface area (Å²) in [6.45, 7) is 8.34. The van der Waals surface area contributed by atoms with Crippen molar-refractivity contribution in [3.63, 3.8) is 0 Å². The van der Waals surface area contributed by atoms with Crippen LogP contribution in [0.3, 0.4) is 0 Å². The van der Waals surface area contributed by atoms with E-state index in [-0.39, 0.29) is 30.5 Å². The minimum absolute atomic E-state index is 0.0782. The summed E-state index contributed by atoms with van der Waals surface area (Å²) in [6, 6.07) is 5.74. The number of benzene rings is 1. The molecule has 140 valence electrons. The summed E-state index contributed by atoms with van der Waals surface area (Å²) in [6.07, 6.45) is 1.56. The Kier molecular flexibility index (Phi) is 6.38. The molecule has 7 heteroatoms. The van der Waals surface area contributed by atoms with Gasteiger partial charge in [0.05, 0.1) is 5.69 Å². The van der Waals surface area contributed by atoms with E-state index >= 15 is 0 Å². The van der Waals surface area contributed by atoms with E-state index in [1.54, 1.807) is 4.90 Å². The van der Waals surface area contributed by atoms with E-state index in [1.165, 1.54) is 11.1 Å². The van der Waals surface area contributed by atoms with Crippen LogP contribution in [0.4, 0.5) is 5.69 Å². The normalized spacial score (nSPS) is 13.8. The summed E-state index contributed by atoms with van der Waals surface area (Å²) < 4.78 is 5.10. The Morgan fingerprint density at radius 2 is 1.92 bits per heavy atom. The number of amides is 2. The van der Waals surface area contributed by atoms with E-state index in [4.69, 9.17) is 4.74 Å². The van der Waals surface area contributed by atoms with Crippen LogP contribution in [-0.4, -0.2) is 42.4 Å². The number of hydrogen-bond donors (Lipinski definition) is 1. The minimum Gasteiger partial charge on any atom is -0.451 e. The Balaban J connectivity index is 2.07. The molecule has 0 aromatic heterocycles. The number of nitrogens with zero attached hydrogens (tertiary/aromatic N) is 2. The van der Waals surface area contributed by atoms with Gasteiger partial charge in [0.2, 0.25) is 5.91 Å². The van der Waals surface area contributed by atoms with Crippen molar-refractivity contribution < 1.29 is 19.1 Å². The van der Waals surface area contributed by atoms with Crippen molar-refractivity contribution in [3.8, 4) is 0 Å². The molecule has 0 aliphatic carbocycles.